The summed E-state index contributed by atoms with van der Waals surface area (Å²) < 4.78 is 0. The SMILES string of the molecule is CCCC1(C(=O)Nc2nc(C)cc(Cl)n2)CCCNC1. The molecule has 2 N–H and O–H groups in total. The molecule has 1 aromatic rings. The van der Waals surface area contributed by atoms with Gasteiger partial charge in [0.05, 0.1) is 5.41 Å². The van der Waals surface area contributed by atoms with Gasteiger partial charge in [-0.25, -0.2) is 9.97 Å². The second-order valence-electron chi connectivity index (χ2n) is 5.42. The summed E-state index contributed by atoms with van der Waals surface area (Å²) in [5.41, 5.74) is 0.388. The summed E-state index contributed by atoms with van der Waals surface area (Å²) in [7, 11) is 0. The van der Waals surface area contributed by atoms with Gasteiger partial charge >= 0.3 is 0 Å². The van der Waals surface area contributed by atoms with E-state index in [1.807, 2.05) is 6.92 Å². The van der Waals surface area contributed by atoms with Gasteiger partial charge in [0, 0.05) is 12.2 Å². The van der Waals surface area contributed by atoms with E-state index in [1.54, 1.807) is 6.07 Å². The average molecular weight is 297 g/mol. The molecule has 1 atom stereocenters. The maximum absolute atomic E-state index is 12.6. The normalized spacial score (nSPS) is 22.6. The number of hydrogen-bond donors (Lipinski definition) is 2. The highest BCUT2D eigenvalue weighted by atomic mass is 35.5. The van der Waals surface area contributed by atoms with Gasteiger partial charge in [0.2, 0.25) is 11.9 Å². The second kappa shape index (κ2) is 6.50. The molecule has 6 heteroatoms. The molecule has 5 nitrogen and oxygen atoms in total. The summed E-state index contributed by atoms with van der Waals surface area (Å²) >= 11 is 5.90. The third kappa shape index (κ3) is 3.46. The van der Waals surface area contributed by atoms with Gasteiger partial charge in [-0.15, -0.1) is 0 Å². The molecule has 2 heterocycles. The summed E-state index contributed by atoms with van der Waals surface area (Å²) in [6.07, 6.45) is 3.76. The fourth-order valence-corrected chi connectivity index (χ4v) is 3.03. The Morgan fingerprint density at radius 3 is 2.95 bits per heavy atom. The molecule has 0 spiro atoms. The van der Waals surface area contributed by atoms with Crippen LogP contribution in [0.25, 0.3) is 0 Å². The molecule has 1 saturated heterocycles. The van der Waals surface area contributed by atoms with Crippen molar-refractivity contribution in [1.82, 2.24) is 15.3 Å². The molecule has 1 fully saturated rings. The maximum atomic E-state index is 12.6. The molecule has 1 aromatic heterocycles. The number of anilines is 1. The molecule has 1 aliphatic rings. The van der Waals surface area contributed by atoms with Gasteiger partial charge in [0.15, 0.2) is 0 Å². The first kappa shape index (κ1) is 15.2. The Morgan fingerprint density at radius 1 is 1.55 bits per heavy atom. The Balaban J connectivity index is 2.15. The summed E-state index contributed by atoms with van der Waals surface area (Å²) in [4.78, 5) is 20.9. The van der Waals surface area contributed by atoms with Crippen molar-refractivity contribution in [2.45, 2.75) is 39.5 Å². The molecule has 20 heavy (non-hydrogen) atoms. The lowest BCUT2D eigenvalue weighted by molar-refractivity contribution is -0.127. The predicted octanol–water partition coefficient (Wildman–Crippen LogP) is 2.55. The first-order valence-electron chi connectivity index (χ1n) is 7.09. The zero-order chi connectivity index (χ0) is 14.6. The fourth-order valence-electron chi connectivity index (χ4n) is 2.79. The molecular weight excluding hydrogens is 276 g/mol. The topological polar surface area (TPSA) is 66.9 Å². The van der Waals surface area contributed by atoms with Crippen LogP contribution in [0.3, 0.4) is 0 Å². The number of hydrogen-bond acceptors (Lipinski definition) is 4. The van der Waals surface area contributed by atoms with Crippen LogP contribution in [0.4, 0.5) is 5.95 Å². The van der Waals surface area contributed by atoms with E-state index >= 15 is 0 Å². The smallest absolute Gasteiger partial charge is 0.234 e. The minimum absolute atomic E-state index is 0.00628. The van der Waals surface area contributed by atoms with E-state index in [-0.39, 0.29) is 11.3 Å². The first-order valence-corrected chi connectivity index (χ1v) is 7.47. The van der Waals surface area contributed by atoms with E-state index in [2.05, 4.69) is 27.5 Å². The van der Waals surface area contributed by atoms with Crippen molar-refractivity contribution >= 4 is 23.5 Å². The Kier molecular flexibility index (Phi) is 4.94. The minimum atomic E-state index is -0.355. The van der Waals surface area contributed by atoms with Crippen molar-refractivity contribution in [2.75, 3.05) is 18.4 Å². The van der Waals surface area contributed by atoms with Gasteiger partial charge in [-0.2, -0.15) is 0 Å². The van der Waals surface area contributed by atoms with Crippen molar-refractivity contribution in [2.24, 2.45) is 5.41 Å². The van der Waals surface area contributed by atoms with E-state index in [9.17, 15) is 4.79 Å². The summed E-state index contributed by atoms with van der Waals surface area (Å²) in [6, 6.07) is 1.67. The quantitative estimate of drug-likeness (QED) is 0.838. The van der Waals surface area contributed by atoms with Crippen molar-refractivity contribution in [3.8, 4) is 0 Å². The van der Waals surface area contributed by atoms with Crippen LogP contribution >= 0.6 is 11.6 Å². The zero-order valence-electron chi connectivity index (χ0n) is 12.0. The second-order valence-corrected chi connectivity index (χ2v) is 5.81. The highest BCUT2D eigenvalue weighted by molar-refractivity contribution is 6.29. The number of nitrogens with one attached hydrogen (secondary N) is 2. The number of amides is 1. The van der Waals surface area contributed by atoms with Crippen LogP contribution in [0.15, 0.2) is 6.07 Å². The molecule has 1 amide bonds. The molecule has 2 rings (SSSR count). The van der Waals surface area contributed by atoms with Crippen LogP contribution in [-0.4, -0.2) is 29.0 Å². The number of rotatable bonds is 4. The van der Waals surface area contributed by atoms with E-state index in [0.717, 1.165) is 37.9 Å². The lowest BCUT2D eigenvalue weighted by atomic mass is 9.76. The van der Waals surface area contributed by atoms with Gasteiger partial charge in [-0.1, -0.05) is 24.9 Å². The van der Waals surface area contributed by atoms with Crippen LogP contribution in [-0.2, 0) is 4.79 Å². The van der Waals surface area contributed by atoms with Crippen molar-refractivity contribution in [3.05, 3.63) is 16.9 Å². The highest BCUT2D eigenvalue weighted by Crippen LogP contribution is 2.32. The highest BCUT2D eigenvalue weighted by Gasteiger charge is 2.39. The molecule has 0 saturated carbocycles. The van der Waals surface area contributed by atoms with E-state index < -0.39 is 0 Å². The monoisotopic (exact) mass is 296 g/mol. The number of aryl methyl sites for hydroxylation is 1. The predicted molar refractivity (Wildman–Crippen MR) is 79.9 cm³/mol. The molecule has 0 aliphatic carbocycles. The summed E-state index contributed by atoms with van der Waals surface area (Å²) in [6.45, 7) is 5.62. The Morgan fingerprint density at radius 2 is 2.35 bits per heavy atom. The number of piperidine rings is 1. The Hall–Kier alpha value is -1.20. The lowest BCUT2D eigenvalue weighted by Crippen LogP contribution is -2.48. The first-order chi connectivity index (χ1) is 9.55. The molecule has 0 aromatic carbocycles. The van der Waals surface area contributed by atoms with Crippen LogP contribution in [0.5, 0.6) is 0 Å². The van der Waals surface area contributed by atoms with Crippen LogP contribution < -0.4 is 10.6 Å². The van der Waals surface area contributed by atoms with Crippen molar-refractivity contribution < 1.29 is 4.79 Å². The van der Waals surface area contributed by atoms with Crippen LogP contribution in [0.2, 0.25) is 5.15 Å². The fraction of sp³-hybridized carbons (Fsp3) is 0.643. The van der Waals surface area contributed by atoms with Crippen LogP contribution in [0, 0.1) is 12.3 Å². The lowest BCUT2D eigenvalue weighted by Gasteiger charge is -2.35. The molecule has 1 aliphatic heterocycles. The van der Waals surface area contributed by atoms with Crippen molar-refractivity contribution in [3.63, 3.8) is 0 Å². The summed E-state index contributed by atoms with van der Waals surface area (Å²) in [5.74, 6) is 0.286. The van der Waals surface area contributed by atoms with E-state index in [0.29, 0.717) is 17.6 Å². The Bertz CT molecular complexity index is 460. The van der Waals surface area contributed by atoms with E-state index in [1.165, 1.54) is 0 Å². The standard InChI is InChI=1S/C14H21ClN4O/c1-3-5-14(6-4-7-16-9-14)12(20)19-13-17-10(2)8-11(15)18-13/h8,16H,3-7,9H2,1-2H3,(H,17,18,19,20). The number of carbonyl (C=O) groups is 1. The van der Waals surface area contributed by atoms with Gasteiger partial charge in [-0.05, 0) is 38.8 Å². The molecule has 110 valence electrons. The largest absolute Gasteiger partial charge is 0.316 e. The van der Waals surface area contributed by atoms with Crippen molar-refractivity contribution in [1.29, 1.82) is 0 Å². The molecule has 1 unspecified atom stereocenters. The Labute approximate surface area is 124 Å². The van der Waals surface area contributed by atoms with Crippen LogP contribution in [0.1, 0.15) is 38.3 Å². The number of carbonyl (C=O) groups excluding carboxylic acids is 1. The third-order valence-corrected chi connectivity index (χ3v) is 3.92. The maximum Gasteiger partial charge on any atom is 0.234 e. The molecule has 0 radical (unpaired) electrons. The van der Waals surface area contributed by atoms with Gasteiger partial charge in [-0.3, -0.25) is 10.1 Å². The van der Waals surface area contributed by atoms with Gasteiger partial charge in [0.1, 0.15) is 5.15 Å². The number of aromatic nitrogens is 2. The summed E-state index contributed by atoms with van der Waals surface area (Å²) in [5, 5.41) is 6.50. The molecule has 0 bridgehead atoms. The van der Waals surface area contributed by atoms with Gasteiger partial charge in [0.25, 0.3) is 0 Å². The number of halogens is 1. The third-order valence-electron chi connectivity index (χ3n) is 3.73. The average Bonchev–Trinajstić information content (AvgIpc) is 2.38. The van der Waals surface area contributed by atoms with E-state index in [4.69, 9.17) is 11.6 Å². The molecular formula is C14H21ClN4O. The number of nitrogens with zero attached hydrogens (tertiary/aromatic N) is 2. The van der Waals surface area contributed by atoms with Gasteiger partial charge < -0.3 is 5.32 Å². The zero-order valence-corrected chi connectivity index (χ0v) is 12.8. The minimum Gasteiger partial charge on any atom is -0.316 e.